The van der Waals surface area contributed by atoms with Crippen LogP contribution in [0.5, 0.6) is 5.75 Å². The molecule has 0 aliphatic heterocycles. The van der Waals surface area contributed by atoms with Gasteiger partial charge in [0.2, 0.25) is 0 Å². The maximum Gasteiger partial charge on any atom is 0.137 e. The molecule has 4 heteroatoms. The van der Waals surface area contributed by atoms with Crippen LogP contribution in [0.1, 0.15) is 0 Å². The highest BCUT2D eigenvalue weighted by Gasteiger charge is 1.98. The molecular weight excluding hydrogens is 221 g/mol. The second-order valence-corrected chi connectivity index (χ2v) is 3.49. The molecule has 1 aromatic carbocycles. The Hall–Kier alpha value is -0.440. The van der Waals surface area contributed by atoms with Crippen molar-refractivity contribution in [3.63, 3.8) is 0 Å². The van der Waals surface area contributed by atoms with Crippen molar-refractivity contribution < 1.29 is 4.74 Å². The number of hydrogen-bond donors (Lipinski definition) is 0. The van der Waals surface area contributed by atoms with Crippen molar-refractivity contribution in [1.82, 2.24) is 4.90 Å². The van der Waals surface area contributed by atoms with Gasteiger partial charge in [-0.15, -0.1) is 12.4 Å². The van der Waals surface area contributed by atoms with Gasteiger partial charge in [0.05, 0.1) is 5.02 Å². The predicted octanol–water partition coefficient (Wildman–Crippen LogP) is 2.70. The lowest BCUT2D eigenvalue weighted by Gasteiger charge is -2.11. The van der Waals surface area contributed by atoms with Crippen LogP contribution in [0.25, 0.3) is 0 Å². The molecule has 1 aromatic rings. The largest absolute Gasteiger partial charge is 0.491 e. The van der Waals surface area contributed by atoms with Gasteiger partial charge >= 0.3 is 0 Å². The summed E-state index contributed by atoms with van der Waals surface area (Å²) in [4.78, 5) is 2.07. The highest BCUT2D eigenvalue weighted by atomic mass is 35.5. The zero-order valence-electron chi connectivity index (χ0n) is 8.37. The summed E-state index contributed by atoms with van der Waals surface area (Å²) in [6.07, 6.45) is 0. The van der Waals surface area contributed by atoms with Gasteiger partial charge in [-0.2, -0.15) is 0 Å². The number of nitrogens with zero attached hydrogens (tertiary/aromatic N) is 1. The number of benzene rings is 1. The quantitative estimate of drug-likeness (QED) is 0.796. The second-order valence-electron chi connectivity index (χ2n) is 3.08. The van der Waals surface area contributed by atoms with Gasteiger partial charge in [0.1, 0.15) is 12.4 Å². The molecule has 0 aromatic heterocycles. The van der Waals surface area contributed by atoms with E-state index in [0.717, 1.165) is 12.3 Å². The molecule has 14 heavy (non-hydrogen) atoms. The smallest absolute Gasteiger partial charge is 0.137 e. The lowest BCUT2D eigenvalue weighted by molar-refractivity contribution is 0.261. The maximum atomic E-state index is 5.90. The monoisotopic (exact) mass is 235 g/mol. The van der Waals surface area contributed by atoms with Crippen LogP contribution in [-0.2, 0) is 0 Å². The molecule has 0 atom stereocenters. The number of ether oxygens (including phenoxy) is 1. The fourth-order valence-corrected chi connectivity index (χ4v) is 1.09. The number of halogens is 2. The molecule has 0 heterocycles. The van der Waals surface area contributed by atoms with Crippen LogP contribution < -0.4 is 4.74 Å². The molecule has 0 aliphatic carbocycles. The standard InChI is InChI=1S/C10H14ClNO.ClH/c1-12(2)7-8-13-10-6-4-3-5-9(10)11;/h3-6H,7-8H2,1-2H3;1H. The van der Waals surface area contributed by atoms with E-state index in [-0.39, 0.29) is 12.4 Å². The fourth-order valence-electron chi connectivity index (χ4n) is 0.900. The number of para-hydroxylation sites is 1. The number of likely N-dealkylation sites (N-methyl/N-ethyl adjacent to an activating group) is 1. The van der Waals surface area contributed by atoms with Crippen LogP contribution in [-0.4, -0.2) is 32.1 Å². The van der Waals surface area contributed by atoms with Crippen LogP contribution in [0, 0.1) is 0 Å². The maximum absolute atomic E-state index is 5.90. The molecule has 0 radical (unpaired) electrons. The highest BCUT2D eigenvalue weighted by Crippen LogP contribution is 2.22. The summed E-state index contributed by atoms with van der Waals surface area (Å²) in [5.41, 5.74) is 0. The van der Waals surface area contributed by atoms with Crippen LogP contribution in [0.2, 0.25) is 5.02 Å². The second kappa shape index (κ2) is 6.93. The van der Waals surface area contributed by atoms with E-state index in [4.69, 9.17) is 16.3 Å². The van der Waals surface area contributed by atoms with E-state index in [1.54, 1.807) is 0 Å². The van der Waals surface area contributed by atoms with E-state index in [2.05, 4.69) is 4.90 Å². The lowest BCUT2D eigenvalue weighted by Crippen LogP contribution is -2.19. The third kappa shape index (κ3) is 4.70. The number of rotatable bonds is 4. The molecule has 0 spiro atoms. The van der Waals surface area contributed by atoms with E-state index in [0.29, 0.717) is 11.6 Å². The predicted molar refractivity (Wildman–Crippen MR) is 62.7 cm³/mol. The van der Waals surface area contributed by atoms with Crippen molar-refractivity contribution in [3.05, 3.63) is 29.3 Å². The van der Waals surface area contributed by atoms with Gasteiger partial charge in [-0.25, -0.2) is 0 Å². The minimum atomic E-state index is 0. The minimum Gasteiger partial charge on any atom is -0.491 e. The van der Waals surface area contributed by atoms with Gasteiger partial charge in [0.15, 0.2) is 0 Å². The highest BCUT2D eigenvalue weighted by molar-refractivity contribution is 6.32. The van der Waals surface area contributed by atoms with Crippen LogP contribution in [0.4, 0.5) is 0 Å². The summed E-state index contributed by atoms with van der Waals surface area (Å²) in [6.45, 7) is 1.56. The summed E-state index contributed by atoms with van der Waals surface area (Å²) in [6, 6.07) is 7.50. The van der Waals surface area contributed by atoms with Crippen molar-refractivity contribution in [2.45, 2.75) is 0 Å². The Bertz CT molecular complexity index is 266. The minimum absolute atomic E-state index is 0. The SMILES string of the molecule is CN(C)CCOc1ccccc1Cl.Cl. The van der Waals surface area contributed by atoms with Crippen molar-refractivity contribution in [2.24, 2.45) is 0 Å². The lowest BCUT2D eigenvalue weighted by atomic mass is 10.3. The topological polar surface area (TPSA) is 12.5 Å². The van der Waals surface area contributed by atoms with E-state index >= 15 is 0 Å². The third-order valence-corrected chi connectivity index (χ3v) is 1.94. The Morgan fingerprint density at radius 2 is 1.93 bits per heavy atom. The normalized spacial score (nSPS) is 9.71. The zero-order chi connectivity index (χ0) is 9.68. The van der Waals surface area contributed by atoms with E-state index in [9.17, 15) is 0 Å². The molecule has 1 rings (SSSR count). The van der Waals surface area contributed by atoms with Crippen molar-refractivity contribution in [3.8, 4) is 5.75 Å². The van der Waals surface area contributed by atoms with Gasteiger partial charge in [0.25, 0.3) is 0 Å². The third-order valence-electron chi connectivity index (χ3n) is 1.63. The van der Waals surface area contributed by atoms with E-state index < -0.39 is 0 Å². The molecule has 2 nitrogen and oxygen atoms in total. The summed E-state index contributed by atoms with van der Waals surface area (Å²) < 4.78 is 5.47. The van der Waals surface area contributed by atoms with E-state index in [1.807, 2.05) is 38.4 Å². The summed E-state index contributed by atoms with van der Waals surface area (Å²) >= 11 is 5.90. The first-order valence-electron chi connectivity index (χ1n) is 4.22. The zero-order valence-corrected chi connectivity index (χ0v) is 9.94. The Morgan fingerprint density at radius 1 is 1.29 bits per heavy atom. The molecule has 0 aliphatic rings. The molecule has 0 N–H and O–H groups in total. The first-order chi connectivity index (χ1) is 6.20. The first kappa shape index (κ1) is 13.6. The molecule has 80 valence electrons. The molecular formula is C10H15Cl2NO. The van der Waals surface area contributed by atoms with Gasteiger partial charge in [-0.1, -0.05) is 23.7 Å². The van der Waals surface area contributed by atoms with E-state index in [1.165, 1.54) is 0 Å². The van der Waals surface area contributed by atoms with Crippen LogP contribution >= 0.6 is 24.0 Å². The van der Waals surface area contributed by atoms with Crippen molar-refractivity contribution >= 4 is 24.0 Å². The van der Waals surface area contributed by atoms with Crippen LogP contribution in [0.15, 0.2) is 24.3 Å². The Balaban J connectivity index is 0.00000169. The molecule has 0 saturated carbocycles. The first-order valence-corrected chi connectivity index (χ1v) is 4.60. The Kier molecular flexibility index (Phi) is 6.71. The van der Waals surface area contributed by atoms with Crippen LogP contribution in [0.3, 0.4) is 0 Å². The van der Waals surface area contributed by atoms with Crippen molar-refractivity contribution in [1.29, 1.82) is 0 Å². The van der Waals surface area contributed by atoms with Gasteiger partial charge in [-0.05, 0) is 26.2 Å². The van der Waals surface area contributed by atoms with Gasteiger partial charge in [-0.3, -0.25) is 0 Å². The fraction of sp³-hybridized carbons (Fsp3) is 0.400. The molecule has 0 saturated heterocycles. The Labute approximate surface area is 96.2 Å². The van der Waals surface area contributed by atoms with Crippen molar-refractivity contribution in [2.75, 3.05) is 27.2 Å². The molecule has 0 amide bonds. The Morgan fingerprint density at radius 3 is 2.50 bits per heavy atom. The molecule has 0 unspecified atom stereocenters. The van der Waals surface area contributed by atoms with Gasteiger partial charge < -0.3 is 9.64 Å². The summed E-state index contributed by atoms with van der Waals surface area (Å²) in [5, 5.41) is 0.668. The van der Waals surface area contributed by atoms with Gasteiger partial charge in [0, 0.05) is 6.54 Å². The average molecular weight is 236 g/mol. The average Bonchev–Trinajstić information content (AvgIpc) is 2.08. The summed E-state index contributed by atoms with van der Waals surface area (Å²) in [5.74, 6) is 0.756. The molecule has 0 fully saturated rings. The molecule has 0 bridgehead atoms. The number of hydrogen-bond acceptors (Lipinski definition) is 2. The summed E-state index contributed by atoms with van der Waals surface area (Å²) in [7, 11) is 4.02.